The van der Waals surface area contributed by atoms with Crippen LogP contribution in [0.3, 0.4) is 0 Å². The lowest BCUT2D eigenvalue weighted by Gasteiger charge is -2.21. The molecule has 1 aliphatic rings. The van der Waals surface area contributed by atoms with E-state index in [1.807, 2.05) is 0 Å². The second kappa shape index (κ2) is 6.34. The van der Waals surface area contributed by atoms with Gasteiger partial charge in [-0.3, -0.25) is 9.35 Å². The molecule has 1 heterocycles. The normalized spacial score (nSPS) is 19.6. The van der Waals surface area contributed by atoms with Crippen LogP contribution in [-0.2, 0) is 21.5 Å². The third-order valence-electron chi connectivity index (χ3n) is 3.36. The zero-order valence-electron chi connectivity index (χ0n) is 11.0. The van der Waals surface area contributed by atoms with Gasteiger partial charge in [-0.1, -0.05) is 12.1 Å². The van der Waals surface area contributed by atoms with Crippen LogP contribution >= 0.6 is 0 Å². The fraction of sp³-hybridized carbons (Fsp3) is 0.462. The first kappa shape index (κ1) is 15.0. The molecular weight excluding hydrogens is 280 g/mol. The summed E-state index contributed by atoms with van der Waals surface area (Å²) in [5.41, 5.74) is 0.787. The summed E-state index contributed by atoms with van der Waals surface area (Å²) >= 11 is 0. The van der Waals surface area contributed by atoms with Crippen LogP contribution < -0.4 is 10.6 Å². The van der Waals surface area contributed by atoms with Crippen molar-refractivity contribution in [1.29, 1.82) is 0 Å². The van der Waals surface area contributed by atoms with Gasteiger partial charge in [0.15, 0.2) is 0 Å². The summed E-state index contributed by atoms with van der Waals surface area (Å²) in [4.78, 5) is 11.8. The number of hydrogen-bond acceptors (Lipinski definition) is 4. The maximum atomic E-state index is 11.9. The molecule has 20 heavy (non-hydrogen) atoms. The van der Waals surface area contributed by atoms with Crippen LogP contribution in [0.15, 0.2) is 29.2 Å². The Morgan fingerprint density at radius 1 is 1.35 bits per heavy atom. The van der Waals surface area contributed by atoms with Crippen molar-refractivity contribution in [3.8, 4) is 0 Å². The average molecular weight is 298 g/mol. The summed E-state index contributed by atoms with van der Waals surface area (Å²) in [5, 5.41) is 6.02. The molecule has 110 valence electrons. The lowest BCUT2D eigenvalue weighted by molar-refractivity contribution is -0.125. The van der Waals surface area contributed by atoms with Gasteiger partial charge in [-0.05, 0) is 37.1 Å². The molecule has 0 aromatic heterocycles. The van der Waals surface area contributed by atoms with Gasteiger partial charge in [0.25, 0.3) is 10.1 Å². The summed E-state index contributed by atoms with van der Waals surface area (Å²) in [7, 11) is -4.16. The third-order valence-corrected chi connectivity index (χ3v) is 4.22. The molecule has 0 radical (unpaired) electrons. The predicted octanol–water partition coefficient (Wildman–Crippen LogP) is 0.549. The number of hydrogen-bond donors (Lipinski definition) is 3. The molecule has 0 spiro atoms. The Kier molecular flexibility index (Phi) is 4.74. The molecule has 3 N–H and O–H groups in total. The SMILES string of the molecule is O=C(NCc1ccc(S(=O)(=O)O)cc1)C1CCCNC1. The molecule has 1 aromatic rings. The molecule has 0 saturated carbocycles. The molecule has 1 aromatic carbocycles. The van der Waals surface area contributed by atoms with Crippen molar-refractivity contribution in [2.45, 2.75) is 24.3 Å². The first-order chi connectivity index (χ1) is 9.47. The Morgan fingerprint density at radius 2 is 2.05 bits per heavy atom. The van der Waals surface area contributed by atoms with Gasteiger partial charge >= 0.3 is 0 Å². The Labute approximate surface area is 118 Å². The van der Waals surface area contributed by atoms with Crippen molar-refractivity contribution in [2.24, 2.45) is 5.92 Å². The molecule has 0 bridgehead atoms. The standard InChI is InChI=1S/C13H18N2O4S/c16-13(11-2-1-7-14-9-11)15-8-10-3-5-12(6-4-10)20(17,18)19/h3-6,11,14H,1-2,7-9H2,(H,15,16)(H,17,18,19). The topological polar surface area (TPSA) is 95.5 Å². The van der Waals surface area contributed by atoms with Crippen LogP contribution in [0.2, 0.25) is 0 Å². The molecule has 1 atom stereocenters. The highest BCUT2D eigenvalue weighted by Gasteiger charge is 2.20. The second-order valence-corrected chi connectivity index (χ2v) is 6.30. The van der Waals surface area contributed by atoms with Gasteiger partial charge in [-0.15, -0.1) is 0 Å². The smallest absolute Gasteiger partial charge is 0.294 e. The zero-order valence-corrected chi connectivity index (χ0v) is 11.8. The number of rotatable bonds is 4. The van der Waals surface area contributed by atoms with Gasteiger partial charge in [0.2, 0.25) is 5.91 Å². The highest BCUT2D eigenvalue weighted by Crippen LogP contribution is 2.12. The van der Waals surface area contributed by atoms with E-state index < -0.39 is 10.1 Å². The molecule has 1 unspecified atom stereocenters. The first-order valence-corrected chi connectivity index (χ1v) is 7.95. The summed E-state index contributed by atoms with van der Waals surface area (Å²) < 4.78 is 30.7. The van der Waals surface area contributed by atoms with Crippen LogP contribution in [0.4, 0.5) is 0 Å². The fourth-order valence-electron chi connectivity index (χ4n) is 2.19. The van der Waals surface area contributed by atoms with Crippen LogP contribution in [0.1, 0.15) is 18.4 Å². The molecule has 7 heteroatoms. The highest BCUT2D eigenvalue weighted by atomic mass is 32.2. The first-order valence-electron chi connectivity index (χ1n) is 6.51. The molecule has 1 amide bonds. The quantitative estimate of drug-likeness (QED) is 0.706. The zero-order chi connectivity index (χ0) is 14.6. The number of carbonyl (C=O) groups is 1. The van der Waals surface area contributed by atoms with E-state index in [0.717, 1.165) is 24.9 Å². The highest BCUT2D eigenvalue weighted by molar-refractivity contribution is 7.85. The van der Waals surface area contributed by atoms with E-state index in [-0.39, 0.29) is 16.7 Å². The van der Waals surface area contributed by atoms with Crippen molar-refractivity contribution in [1.82, 2.24) is 10.6 Å². The van der Waals surface area contributed by atoms with E-state index >= 15 is 0 Å². The summed E-state index contributed by atoms with van der Waals surface area (Å²) in [6.07, 6.45) is 1.89. The van der Waals surface area contributed by atoms with E-state index in [1.165, 1.54) is 12.1 Å². The van der Waals surface area contributed by atoms with Gasteiger partial charge in [0, 0.05) is 13.1 Å². The van der Waals surface area contributed by atoms with Crippen LogP contribution in [-0.4, -0.2) is 32.0 Å². The van der Waals surface area contributed by atoms with Crippen molar-refractivity contribution in [3.05, 3.63) is 29.8 Å². The fourth-order valence-corrected chi connectivity index (χ4v) is 2.67. The molecule has 1 fully saturated rings. The maximum Gasteiger partial charge on any atom is 0.294 e. The number of amides is 1. The van der Waals surface area contributed by atoms with E-state index in [9.17, 15) is 13.2 Å². The summed E-state index contributed by atoms with van der Waals surface area (Å²) in [6.45, 7) is 2.01. The van der Waals surface area contributed by atoms with E-state index in [0.29, 0.717) is 13.1 Å². The molecule has 1 saturated heterocycles. The van der Waals surface area contributed by atoms with Gasteiger partial charge in [-0.2, -0.15) is 8.42 Å². The molecule has 2 rings (SSSR count). The van der Waals surface area contributed by atoms with Gasteiger partial charge in [-0.25, -0.2) is 0 Å². The van der Waals surface area contributed by atoms with E-state index in [2.05, 4.69) is 10.6 Å². The average Bonchev–Trinajstić information content (AvgIpc) is 2.45. The minimum Gasteiger partial charge on any atom is -0.352 e. The molecule has 1 aliphatic heterocycles. The number of carbonyl (C=O) groups excluding carboxylic acids is 1. The van der Waals surface area contributed by atoms with Crippen molar-refractivity contribution in [3.63, 3.8) is 0 Å². The van der Waals surface area contributed by atoms with Crippen molar-refractivity contribution >= 4 is 16.0 Å². The Balaban J connectivity index is 1.89. The van der Waals surface area contributed by atoms with Crippen LogP contribution in [0, 0.1) is 5.92 Å². The van der Waals surface area contributed by atoms with Crippen molar-refractivity contribution < 1.29 is 17.8 Å². The Hall–Kier alpha value is -1.44. The lowest BCUT2D eigenvalue weighted by atomic mass is 9.99. The summed E-state index contributed by atoms with van der Waals surface area (Å²) in [6, 6.07) is 5.78. The molecule has 0 aliphatic carbocycles. The van der Waals surface area contributed by atoms with Crippen LogP contribution in [0.25, 0.3) is 0 Å². The number of piperidine rings is 1. The maximum absolute atomic E-state index is 11.9. The number of nitrogens with one attached hydrogen (secondary N) is 2. The predicted molar refractivity (Wildman–Crippen MR) is 73.7 cm³/mol. The third kappa shape index (κ3) is 4.03. The van der Waals surface area contributed by atoms with Crippen LogP contribution in [0.5, 0.6) is 0 Å². The summed E-state index contributed by atoms with van der Waals surface area (Å²) in [5.74, 6) is 0.0110. The molecule has 6 nitrogen and oxygen atoms in total. The lowest BCUT2D eigenvalue weighted by Crippen LogP contribution is -2.40. The second-order valence-electron chi connectivity index (χ2n) is 4.88. The van der Waals surface area contributed by atoms with Gasteiger partial charge in [0.05, 0.1) is 10.8 Å². The largest absolute Gasteiger partial charge is 0.352 e. The Bertz CT molecular complexity index is 563. The molecular formula is C13H18N2O4S. The Morgan fingerprint density at radius 3 is 2.60 bits per heavy atom. The van der Waals surface area contributed by atoms with Gasteiger partial charge < -0.3 is 10.6 Å². The minimum absolute atomic E-state index is 0.000780. The van der Waals surface area contributed by atoms with Gasteiger partial charge in [0.1, 0.15) is 0 Å². The monoisotopic (exact) mass is 298 g/mol. The van der Waals surface area contributed by atoms with E-state index in [1.54, 1.807) is 12.1 Å². The van der Waals surface area contributed by atoms with Crippen molar-refractivity contribution in [2.75, 3.05) is 13.1 Å². The van der Waals surface area contributed by atoms with E-state index in [4.69, 9.17) is 4.55 Å². The number of benzene rings is 1. The minimum atomic E-state index is -4.16.